The minimum atomic E-state index is 1.02. The zero-order chi connectivity index (χ0) is 13.2. The Hall–Kier alpha value is -0.540. The third-order valence-electron chi connectivity index (χ3n) is 3.30. The van der Waals surface area contributed by atoms with Gasteiger partial charge < -0.3 is 9.64 Å². The molecule has 0 amide bonds. The minimum absolute atomic E-state index is 1.02. The van der Waals surface area contributed by atoms with E-state index >= 15 is 0 Å². The molecule has 0 heterocycles. The zero-order valence-electron chi connectivity index (χ0n) is 11.6. The van der Waals surface area contributed by atoms with Crippen molar-refractivity contribution in [1.82, 2.24) is 4.90 Å². The van der Waals surface area contributed by atoms with E-state index in [-0.39, 0.29) is 0 Å². The molecule has 0 spiro atoms. The number of halogens is 1. The minimum Gasteiger partial charge on any atom is -0.496 e. The van der Waals surface area contributed by atoms with Crippen molar-refractivity contribution in [3.8, 4) is 5.75 Å². The van der Waals surface area contributed by atoms with E-state index in [1.807, 2.05) is 0 Å². The number of rotatable bonds is 4. The van der Waals surface area contributed by atoms with Gasteiger partial charge in [-0.25, -0.2) is 0 Å². The third kappa shape index (κ3) is 3.02. The molecule has 3 heteroatoms. The molecule has 0 aliphatic carbocycles. The maximum atomic E-state index is 5.59. The predicted molar refractivity (Wildman–Crippen MR) is 77.2 cm³/mol. The number of nitrogens with zero attached hydrogens (tertiary/aromatic N) is 1. The Morgan fingerprint density at radius 3 is 2.12 bits per heavy atom. The summed E-state index contributed by atoms with van der Waals surface area (Å²) < 4.78 is 6.80. The molecular weight excluding hydrogens is 278 g/mol. The lowest BCUT2D eigenvalue weighted by Gasteiger charge is -2.20. The van der Waals surface area contributed by atoms with E-state index in [0.717, 1.165) is 18.7 Å². The van der Waals surface area contributed by atoms with Gasteiger partial charge in [0.1, 0.15) is 5.75 Å². The highest BCUT2D eigenvalue weighted by Crippen LogP contribution is 2.36. The Balaban J connectivity index is 3.26. The summed E-state index contributed by atoms with van der Waals surface area (Å²) in [4.78, 5) is 2.20. The molecule has 17 heavy (non-hydrogen) atoms. The van der Waals surface area contributed by atoms with E-state index in [0.29, 0.717) is 0 Å². The SMILES string of the molecule is COc1c(C)c(C)c(Br)c(C)c1CCN(C)C. The molecule has 0 aliphatic heterocycles. The van der Waals surface area contributed by atoms with Gasteiger partial charge >= 0.3 is 0 Å². The van der Waals surface area contributed by atoms with Crippen molar-refractivity contribution in [2.75, 3.05) is 27.7 Å². The monoisotopic (exact) mass is 299 g/mol. The van der Waals surface area contributed by atoms with Gasteiger partial charge in [0.2, 0.25) is 0 Å². The lowest BCUT2D eigenvalue weighted by molar-refractivity contribution is 0.389. The standard InChI is InChI=1S/C14H22BrNO/c1-9-10(2)14(17-6)12(7-8-16(4)5)11(3)13(9)15/h7-8H2,1-6H3. The summed E-state index contributed by atoms with van der Waals surface area (Å²) in [6, 6.07) is 0. The molecule has 2 nitrogen and oxygen atoms in total. The highest BCUT2D eigenvalue weighted by atomic mass is 79.9. The summed E-state index contributed by atoms with van der Waals surface area (Å²) in [5.41, 5.74) is 5.12. The van der Waals surface area contributed by atoms with Crippen LogP contribution < -0.4 is 4.74 Å². The lowest BCUT2D eigenvalue weighted by Crippen LogP contribution is -2.16. The molecule has 1 aromatic carbocycles. The fourth-order valence-corrected chi connectivity index (χ4v) is 2.59. The van der Waals surface area contributed by atoms with E-state index in [1.54, 1.807) is 7.11 Å². The van der Waals surface area contributed by atoms with Gasteiger partial charge in [-0.3, -0.25) is 0 Å². The number of hydrogen-bond acceptors (Lipinski definition) is 2. The molecule has 0 atom stereocenters. The predicted octanol–water partition coefficient (Wildman–Crippen LogP) is 3.49. The Bertz CT molecular complexity index is 413. The van der Waals surface area contributed by atoms with Gasteiger partial charge in [0.05, 0.1) is 7.11 Å². The van der Waals surface area contributed by atoms with Gasteiger partial charge in [-0.05, 0) is 63.5 Å². The van der Waals surface area contributed by atoms with Crippen molar-refractivity contribution < 1.29 is 4.74 Å². The quantitative estimate of drug-likeness (QED) is 0.844. The van der Waals surface area contributed by atoms with Crippen molar-refractivity contribution in [2.24, 2.45) is 0 Å². The van der Waals surface area contributed by atoms with Crippen molar-refractivity contribution in [3.05, 3.63) is 26.7 Å². The van der Waals surface area contributed by atoms with Crippen LogP contribution in [0.4, 0.5) is 0 Å². The molecule has 0 N–H and O–H groups in total. The Morgan fingerprint density at radius 2 is 1.65 bits per heavy atom. The first-order valence-electron chi connectivity index (χ1n) is 5.87. The summed E-state index contributed by atoms with van der Waals surface area (Å²) >= 11 is 3.68. The maximum Gasteiger partial charge on any atom is 0.125 e. The largest absolute Gasteiger partial charge is 0.496 e. The normalized spacial score (nSPS) is 11.1. The molecule has 0 saturated carbocycles. The van der Waals surface area contributed by atoms with Crippen LogP contribution in [0.15, 0.2) is 4.47 Å². The van der Waals surface area contributed by atoms with E-state index in [2.05, 4.69) is 55.7 Å². The molecule has 0 bridgehead atoms. The van der Waals surface area contributed by atoms with Crippen molar-refractivity contribution >= 4 is 15.9 Å². The lowest BCUT2D eigenvalue weighted by atomic mass is 9.97. The summed E-state index contributed by atoms with van der Waals surface area (Å²) in [6.45, 7) is 7.44. The van der Waals surface area contributed by atoms with Crippen LogP contribution in [0.1, 0.15) is 22.3 Å². The van der Waals surface area contributed by atoms with Crippen LogP contribution in [-0.2, 0) is 6.42 Å². The fourth-order valence-electron chi connectivity index (χ4n) is 2.06. The molecule has 0 fully saturated rings. The third-order valence-corrected chi connectivity index (χ3v) is 4.49. The number of benzene rings is 1. The molecule has 96 valence electrons. The summed E-state index contributed by atoms with van der Waals surface area (Å²) in [5.74, 6) is 1.05. The molecular formula is C14H22BrNO. The van der Waals surface area contributed by atoms with Crippen LogP contribution in [0.5, 0.6) is 5.75 Å². The average Bonchev–Trinajstić information content (AvgIpc) is 2.29. The Labute approximate surface area is 113 Å². The second-order valence-electron chi connectivity index (χ2n) is 4.75. The van der Waals surface area contributed by atoms with Gasteiger partial charge in [0.25, 0.3) is 0 Å². The van der Waals surface area contributed by atoms with Crippen LogP contribution in [-0.4, -0.2) is 32.6 Å². The van der Waals surface area contributed by atoms with E-state index < -0.39 is 0 Å². The first kappa shape index (κ1) is 14.5. The van der Waals surface area contributed by atoms with Gasteiger partial charge in [0.15, 0.2) is 0 Å². The van der Waals surface area contributed by atoms with Gasteiger partial charge in [0, 0.05) is 11.0 Å². The molecule has 0 radical (unpaired) electrons. The van der Waals surface area contributed by atoms with Crippen LogP contribution in [0, 0.1) is 20.8 Å². The van der Waals surface area contributed by atoms with E-state index in [4.69, 9.17) is 4.74 Å². The maximum absolute atomic E-state index is 5.59. The van der Waals surface area contributed by atoms with Gasteiger partial charge in [-0.1, -0.05) is 15.9 Å². The zero-order valence-corrected chi connectivity index (χ0v) is 13.2. The summed E-state index contributed by atoms with van der Waals surface area (Å²) in [6.07, 6.45) is 1.02. The molecule has 0 unspecified atom stereocenters. The second kappa shape index (κ2) is 5.87. The number of ether oxygens (including phenoxy) is 1. The number of hydrogen-bond donors (Lipinski definition) is 0. The first-order valence-corrected chi connectivity index (χ1v) is 6.66. The summed E-state index contributed by atoms with van der Waals surface area (Å²) in [5, 5.41) is 0. The van der Waals surface area contributed by atoms with Crippen molar-refractivity contribution in [3.63, 3.8) is 0 Å². The Kier molecular flexibility index (Phi) is 5.02. The van der Waals surface area contributed by atoms with Gasteiger partial charge in [-0.2, -0.15) is 0 Å². The van der Waals surface area contributed by atoms with Gasteiger partial charge in [-0.15, -0.1) is 0 Å². The van der Waals surface area contributed by atoms with E-state index in [9.17, 15) is 0 Å². The average molecular weight is 300 g/mol. The topological polar surface area (TPSA) is 12.5 Å². The highest BCUT2D eigenvalue weighted by molar-refractivity contribution is 9.10. The van der Waals surface area contributed by atoms with Crippen LogP contribution >= 0.6 is 15.9 Å². The van der Waals surface area contributed by atoms with E-state index in [1.165, 1.54) is 26.7 Å². The van der Waals surface area contributed by atoms with Crippen LogP contribution in [0.3, 0.4) is 0 Å². The number of methoxy groups -OCH3 is 1. The van der Waals surface area contributed by atoms with Crippen LogP contribution in [0.25, 0.3) is 0 Å². The molecule has 0 saturated heterocycles. The number of likely N-dealkylation sites (N-methyl/N-ethyl adjacent to an activating group) is 1. The molecule has 0 aliphatic rings. The second-order valence-corrected chi connectivity index (χ2v) is 5.55. The molecule has 1 rings (SSSR count). The first-order chi connectivity index (χ1) is 7.90. The van der Waals surface area contributed by atoms with Crippen molar-refractivity contribution in [1.29, 1.82) is 0 Å². The smallest absolute Gasteiger partial charge is 0.125 e. The summed E-state index contributed by atoms with van der Waals surface area (Å²) in [7, 11) is 5.95. The van der Waals surface area contributed by atoms with Crippen LogP contribution in [0.2, 0.25) is 0 Å². The molecule has 1 aromatic rings. The highest BCUT2D eigenvalue weighted by Gasteiger charge is 2.16. The van der Waals surface area contributed by atoms with Crippen molar-refractivity contribution in [2.45, 2.75) is 27.2 Å². The molecule has 0 aromatic heterocycles. The fraction of sp³-hybridized carbons (Fsp3) is 0.571. The Morgan fingerprint density at radius 1 is 1.06 bits per heavy atom.